The first kappa shape index (κ1) is 28.7. The van der Waals surface area contributed by atoms with Crippen molar-refractivity contribution in [1.82, 2.24) is 14.9 Å². The third kappa shape index (κ3) is 7.27. The molecule has 3 aromatic carbocycles. The molecule has 1 saturated carbocycles. The largest absolute Gasteiger partial charge is 0.497 e. The number of ether oxygens (including phenoxy) is 2. The highest BCUT2D eigenvalue weighted by atomic mass is 16.5. The maximum atomic E-state index is 14.6. The molecule has 2 aliphatic rings. The summed E-state index contributed by atoms with van der Waals surface area (Å²) in [5, 5.41) is 3.86. The fourth-order valence-corrected chi connectivity index (χ4v) is 6.02. The van der Waals surface area contributed by atoms with Gasteiger partial charge in [0, 0.05) is 19.5 Å². The average Bonchev–Trinajstić information content (AvgIpc) is 3.10. The molecular weight excluding hydrogens is 514 g/mol. The monoisotopic (exact) mass is 555 g/mol. The van der Waals surface area contributed by atoms with Crippen LogP contribution in [0, 0.1) is 5.92 Å². The third-order valence-corrected chi connectivity index (χ3v) is 8.36. The minimum absolute atomic E-state index is 0.0729. The Hall–Kier alpha value is -3.84. The quantitative estimate of drug-likeness (QED) is 0.302. The molecule has 7 heteroatoms. The molecule has 1 atom stereocenters. The molecule has 2 fully saturated rings. The van der Waals surface area contributed by atoms with Crippen molar-refractivity contribution in [3.8, 4) is 11.5 Å². The van der Waals surface area contributed by atoms with Crippen molar-refractivity contribution in [3.63, 3.8) is 0 Å². The molecule has 0 N–H and O–H groups in total. The highest BCUT2D eigenvalue weighted by Gasteiger charge is 2.40. The lowest BCUT2D eigenvalue weighted by Gasteiger charge is -2.38. The highest BCUT2D eigenvalue weighted by molar-refractivity contribution is 5.92. The number of amides is 2. The second kappa shape index (κ2) is 13.7. The zero-order valence-electron chi connectivity index (χ0n) is 24.2. The number of hydrazine groups is 1. The van der Waals surface area contributed by atoms with Gasteiger partial charge in [-0.2, -0.15) is 0 Å². The summed E-state index contributed by atoms with van der Waals surface area (Å²) >= 11 is 0. The summed E-state index contributed by atoms with van der Waals surface area (Å²) in [6, 6.07) is 24.8. The molecule has 2 amide bonds. The Morgan fingerprint density at radius 2 is 1.29 bits per heavy atom. The van der Waals surface area contributed by atoms with Gasteiger partial charge in [-0.3, -0.25) is 9.80 Å². The summed E-state index contributed by atoms with van der Waals surface area (Å²) < 4.78 is 10.7. The van der Waals surface area contributed by atoms with Crippen LogP contribution in [0.5, 0.6) is 11.5 Å². The van der Waals surface area contributed by atoms with Gasteiger partial charge in [0.25, 0.3) is 0 Å². The van der Waals surface area contributed by atoms with Gasteiger partial charge in [0.2, 0.25) is 0 Å². The summed E-state index contributed by atoms with van der Waals surface area (Å²) in [4.78, 5) is 30.5. The number of nitrogens with zero attached hydrogens (tertiary/aromatic N) is 3. The first-order valence-corrected chi connectivity index (χ1v) is 14.7. The van der Waals surface area contributed by atoms with Crippen molar-refractivity contribution in [2.24, 2.45) is 5.92 Å². The fourth-order valence-electron chi connectivity index (χ4n) is 6.02. The molecule has 5 rings (SSSR count). The number of urea groups is 1. The lowest BCUT2D eigenvalue weighted by molar-refractivity contribution is -0.125. The van der Waals surface area contributed by atoms with Crippen molar-refractivity contribution in [1.29, 1.82) is 0 Å². The fraction of sp³-hybridized carbons (Fsp3) is 0.412. The van der Waals surface area contributed by atoms with Gasteiger partial charge in [0.05, 0.1) is 33.4 Å². The van der Waals surface area contributed by atoms with Gasteiger partial charge in [-0.1, -0.05) is 73.9 Å². The van der Waals surface area contributed by atoms with E-state index in [0.29, 0.717) is 32.0 Å². The summed E-state index contributed by atoms with van der Waals surface area (Å²) in [5.41, 5.74) is 2.99. The molecule has 1 saturated heterocycles. The molecule has 0 aromatic heterocycles. The normalized spacial score (nSPS) is 18.8. The van der Waals surface area contributed by atoms with Crippen LogP contribution in [-0.2, 0) is 24.3 Å². The van der Waals surface area contributed by atoms with E-state index in [-0.39, 0.29) is 18.4 Å². The maximum absolute atomic E-state index is 14.6. The summed E-state index contributed by atoms with van der Waals surface area (Å²) in [7, 11) is 3.29. The van der Waals surface area contributed by atoms with Crippen molar-refractivity contribution >= 4 is 11.8 Å². The van der Waals surface area contributed by atoms with Crippen molar-refractivity contribution in [2.75, 3.05) is 27.3 Å². The Balaban J connectivity index is 1.50. The van der Waals surface area contributed by atoms with Crippen LogP contribution in [0.15, 0.2) is 78.9 Å². The molecule has 0 radical (unpaired) electrons. The van der Waals surface area contributed by atoms with Crippen LogP contribution in [0.1, 0.15) is 48.8 Å². The van der Waals surface area contributed by atoms with Gasteiger partial charge in [-0.15, -0.1) is 0 Å². The van der Waals surface area contributed by atoms with Crippen LogP contribution in [-0.4, -0.2) is 60.1 Å². The standard InChI is InChI=1S/C34H41N3O4/c1-40-30-17-13-28(14-18-30)23-36-32(21-26-9-5-3-6-10-26)33(38)25-35(22-27-11-7-4-8-12-27)37(34(36)39)24-29-15-19-31(41-2)20-16-29/h3,5-6,9-10,13-20,27,32H,4,7-8,11-12,21-25H2,1-2H3/t32-/m0/s1. The van der Waals surface area contributed by atoms with Crippen LogP contribution < -0.4 is 9.47 Å². The number of methoxy groups -OCH3 is 2. The number of hydrogen-bond donors (Lipinski definition) is 0. The van der Waals surface area contributed by atoms with E-state index in [1.54, 1.807) is 19.1 Å². The smallest absolute Gasteiger partial charge is 0.335 e. The highest BCUT2D eigenvalue weighted by Crippen LogP contribution is 2.29. The summed E-state index contributed by atoms with van der Waals surface area (Å²) in [6.45, 7) is 1.65. The lowest BCUT2D eigenvalue weighted by Crippen LogP contribution is -2.52. The Bertz CT molecular complexity index is 1270. The molecule has 41 heavy (non-hydrogen) atoms. The van der Waals surface area contributed by atoms with E-state index in [1.165, 1.54) is 19.3 Å². The predicted molar refractivity (Wildman–Crippen MR) is 160 cm³/mol. The molecule has 216 valence electrons. The predicted octanol–water partition coefficient (Wildman–Crippen LogP) is 6.12. The van der Waals surface area contributed by atoms with Crippen LogP contribution >= 0.6 is 0 Å². The number of hydrogen-bond acceptors (Lipinski definition) is 5. The molecule has 1 aliphatic carbocycles. The Morgan fingerprint density at radius 3 is 1.88 bits per heavy atom. The first-order chi connectivity index (χ1) is 20.0. The Labute approximate surface area is 243 Å². The molecule has 0 unspecified atom stereocenters. The van der Waals surface area contributed by atoms with Crippen LogP contribution in [0.3, 0.4) is 0 Å². The molecule has 1 aliphatic heterocycles. The lowest BCUT2D eigenvalue weighted by atomic mass is 9.89. The maximum Gasteiger partial charge on any atom is 0.335 e. The van der Waals surface area contributed by atoms with E-state index in [0.717, 1.165) is 41.0 Å². The zero-order chi connectivity index (χ0) is 28.6. The summed E-state index contributed by atoms with van der Waals surface area (Å²) in [5.74, 6) is 2.08. The van der Waals surface area contributed by atoms with E-state index < -0.39 is 6.04 Å². The number of carbonyl (C=O) groups excluding carboxylic acids is 2. The van der Waals surface area contributed by atoms with E-state index in [2.05, 4.69) is 0 Å². The molecular formula is C34H41N3O4. The zero-order valence-corrected chi connectivity index (χ0v) is 24.2. The number of carbonyl (C=O) groups is 2. The van der Waals surface area contributed by atoms with Crippen LogP contribution in [0.25, 0.3) is 0 Å². The number of rotatable bonds is 10. The summed E-state index contributed by atoms with van der Waals surface area (Å²) in [6.07, 6.45) is 6.43. The van der Waals surface area contributed by atoms with E-state index in [1.807, 2.05) is 88.9 Å². The number of benzene rings is 3. The average molecular weight is 556 g/mol. The van der Waals surface area contributed by atoms with Crippen LogP contribution in [0.4, 0.5) is 4.79 Å². The first-order valence-electron chi connectivity index (χ1n) is 14.7. The van der Waals surface area contributed by atoms with Crippen molar-refractivity contribution in [3.05, 3.63) is 95.6 Å². The topological polar surface area (TPSA) is 62.3 Å². The SMILES string of the molecule is COc1ccc(CN2C(=O)N(Cc3ccc(OC)cc3)N(CC3CCCCC3)CC(=O)[C@@H]2Cc2ccccc2)cc1. The second-order valence-corrected chi connectivity index (χ2v) is 11.2. The van der Waals surface area contributed by atoms with Gasteiger partial charge >= 0.3 is 6.03 Å². The van der Waals surface area contributed by atoms with E-state index >= 15 is 0 Å². The molecule has 0 bridgehead atoms. The van der Waals surface area contributed by atoms with Crippen LogP contribution in [0.2, 0.25) is 0 Å². The molecule has 7 nitrogen and oxygen atoms in total. The molecule has 0 spiro atoms. The molecule has 1 heterocycles. The van der Waals surface area contributed by atoms with Gasteiger partial charge in [0.15, 0.2) is 5.78 Å². The minimum atomic E-state index is -0.568. The van der Waals surface area contributed by atoms with Crippen molar-refractivity contribution in [2.45, 2.75) is 57.7 Å². The van der Waals surface area contributed by atoms with Gasteiger partial charge < -0.3 is 14.4 Å². The van der Waals surface area contributed by atoms with Gasteiger partial charge in [-0.05, 0) is 59.7 Å². The Morgan fingerprint density at radius 1 is 0.707 bits per heavy atom. The number of Topliss-reactive ketones (excluding diaryl/α,β-unsaturated/α-hetero) is 1. The second-order valence-electron chi connectivity index (χ2n) is 11.2. The van der Waals surface area contributed by atoms with E-state index in [4.69, 9.17) is 9.47 Å². The molecule has 3 aromatic rings. The van der Waals surface area contributed by atoms with Crippen molar-refractivity contribution < 1.29 is 19.1 Å². The Kier molecular flexibility index (Phi) is 9.57. The van der Waals surface area contributed by atoms with E-state index in [9.17, 15) is 9.59 Å². The van der Waals surface area contributed by atoms with Gasteiger partial charge in [0.1, 0.15) is 11.5 Å². The minimum Gasteiger partial charge on any atom is -0.497 e. The number of ketones is 1. The third-order valence-electron chi connectivity index (χ3n) is 8.36. The van der Waals surface area contributed by atoms with Gasteiger partial charge in [-0.25, -0.2) is 9.80 Å².